The first-order valence-corrected chi connectivity index (χ1v) is 11.1. The molecule has 2 unspecified atom stereocenters. The molecule has 3 aromatic carbocycles. The highest BCUT2D eigenvalue weighted by Gasteiger charge is 2.32. The summed E-state index contributed by atoms with van der Waals surface area (Å²) in [6.07, 6.45) is 0.399. The van der Waals surface area contributed by atoms with Crippen LogP contribution in [0.15, 0.2) is 72.8 Å². The van der Waals surface area contributed by atoms with Crippen LogP contribution < -0.4 is 10.2 Å². The van der Waals surface area contributed by atoms with Crippen molar-refractivity contribution in [3.8, 4) is 0 Å². The van der Waals surface area contributed by atoms with Crippen LogP contribution in [-0.2, 0) is 0 Å². The van der Waals surface area contributed by atoms with Crippen LogP contribution in [0.1, 0.15) is 31.4 Å². The van der Waals surface area contributed by atoms with Gasteiger partial charge >= 0.3 is 6.03 Å². The molecule has 0 spiro atoms. The van der Waals surface area contributed by atoms with E-state index in [2.05, 4.69) is 5.32 Å². The zero-order valence-electron chi connectivity index (χ0n) is 16.9. The molecule has 3 aromatic rings. The number of halogens is 3. The van der Waals surface area contributed by atoms with Gasteiger partial charge in [-0.3, -0.25) is 4.90 Å². The quantitative estimate of drug-likeness (QED) is 0.368. The number of amides is 2. The Hall–Kier alpha value is -2.24. The monoisotopic (exact) mass is 476 g/mol. The van der Waals surface area contributed by atoms with Crippen LogP contribution in [-0.4, -0.2) is 17.2 Å². The normalized spacial score (nSPS) is 12.8. The molecule has 2 atom stereocenters. The standard InChI is InChI=1S/C24H23Cl3N2O2/c1-2-4-22(23(30)16-5-3-6-19(27)15-16)29(21-13-9-18(26)10-14-21)24(31)28-20-11-7-17(25)8-12-20/h3,5-15,22-23,30H,2,4H2,1H3,(H,28,31). The van der Waals surface area contributed by atoms with Gasteiger partial charge in [-0.05, 0) is 72.6 Å². The zero-order valence-corrected chi connectivity index (χ0v) is 19.2. The summed E-state index contributed by atoms with van der Waals surface area (Å²) in [6, 6.07) is 20.0. The number of urea groups is 1. The summed E-state index contributed by atoms with van der Waals surface area (Å²) >= 11 is 18.2. The van der Waals surface area contributed by atoms with E-state index in [0.717, 1.165) is 6.42 Å². The second-order valence-electron chi connectivity index (χ2n) is 7.14. The highest BCUT2D eigenvalue weighted by molar-refractivity contribution is 6.31. The van der Waals surface area contributed by atoms with Gasteiger partial charge in [-0.25, -0.2) is 4.79 Å². The Morgan fingerprint density at radius 2 is 1.55 bits per heavy atom. The molecule has 0 bridgehead atoms. The van der Waals surface area contributed by atoms with E-state index in [1.807, 2.05) is 6.92 Å². The Balaban J connectivity index is 2.00. The highest BCUT2D eigenvalue weighted by atomic mass is 35.5. The van der Waals surface area contributed by atoms with Gasteiger partial charge in [0.05, 0.1) is 12.1 Å². The molecular weight excluding hydrogens is 455 g/mol. The van der Waals surface area contributed by atoms with E-state index in [4.69, 9.17) is 34.8 Å². The Bertz CT molecular complexity index is 1010. The Morgan fingerprint density at radius 1 is 0.935 bits per heavy atom. The minimum atomic E-state index is -0.940. The third-order valence-corrected chi connectivity index (χ3v) is 5.63. The van der Waals surface area contributed by atoms with E-state index in [1.165, 1.54) is 0 Å². The maximum absolute atomic E-state index is 13.4. The minimum Gasteiger partial charge on any atom is -0.386 e. The molecule has 2 N–H and O–H groups in total. The number of rotatable bonds is 7. The lowest BCUT2D eigenvalue weighted by molar-refractivity contribution is 0.138. The third-order valence-electron chi connectivity index (χ3n) is 4.89. The molecule has 0 radical (unpaired) electrons. The molecule has 3 rings (SSSR count). The van der Waals surface area contributed by atoms with E-state index in [0.29, 0.717) is 38.4 Å². The number of nitrogens with zero attached hydrogens (tertiary/aromatic N) is 1. The van der Waals surface area contributed by atoms with Gasteiger partial charge in [0, 0.05) is 26.4 Å². The lowest BCUT2D eigenvalue weighted by Crippen LogP contribution is -2.46. The Labute approximate surface area is 197 Å². The first kappa shape index (κ1) is 23.4. The van der Waals surface area contributed by atoms with Gasteiger partial charge < -0.3 is 10.4 Å². The number of hydrogen-bond donors (Lipinski definition) is 2. The lowest BCUT2D eigenvalue weighted by Gasteiger charge is -2.35. The first-order valence-electron chi connectivity index (χ1n) is 9.94. The average molecular weight is 478 g/mol. The van der Waals surface area contributed by atoms with Gasteiger partial charge in [-0.1, -0.05) is 60.3 Å². The van der Waals surface area contributed by atoms with Crippen molar-refractivity contribution in [3.63, 3.8) is 0 Å². The molecule has 0 aliphatic rings. The molecule has 0 heterocycles. The largest absolute Gasteiger partial charge is 0.386 e. The Morgan fingerprint density at radius 3 is 2.13 bits per heavy atom. The molecule has 7 heteroatoms. The average Bonchev–Trinajstić information content (AvgIpc) is 2.76. The van der Waals surface area contributed by atoms with Crippen molar-refractivity contribution in [2.45, 2.75) is 31.9 Å². The van der Waals surface area contributed by atoms with Crippen LogP contribution in [0.3, 0.4) is 0 Å². The molecule has 0 saturated carbocycles. The van der Waals surface area contributed by atoms with Crippen molar-refractivity contribution in [1.82, 2.24) is 0 Å². The predicted octanol–water partition coefficient (Wildman–Crippen LogP) is 7.59. The summed E-state index contributed by atoms with van der Waals surface area (Å²) in [4.78, 5) is 15.0. The van der Waals surface area contributed by atoms with Crippen LogP contribution in [0.5, 0.6) is 0 Å². The van der Waals surface area contributed by atoms with Crippen LogP contribution in [0.25, 0.3) is 0 Å². The summed E-state index contributed by atoms with van der Waals surface area (Å²) in [5.41, 5.74) is 1.86. The number of nitrogens with one attached hydrogen (secondary N) is 1. The van der Waals surface area contributed by atoms with E-state index >= 15 is 0 Å². The maximum atomic E-state index is 13.4. The van der Waals surface area contributed by atoms with Crippen molar-refractivity contribution in [2.75, 3.05) is 10.2 Å². The SMILES string of the molecule is CCCC(C(O)c1cccc(Cl)c1)N(C(=O)Nc1ccc(Cl)cc1)c1ccc(Cl)cc1. The van der Waals surface area contributed by atoms with E-state index in [1.54, 1.807) is 77.7 Å². The number of carbonyl (C=O) groups excluding carboxylic acids is 1. The lowest BCUT2D eigenvalue weighted by atomic mass is 9.96. The summed E-state index contributed by atoms with van der Waals surface area (Å²) in [7, 11) is 0. The zero-order chi connectivity index (χ0) is 22.4. The van der Waals surface area contributed by atoms with Gasteiger partial charge in [0.2, 0.25) is 0 Å². The van der Waals surface area contributed by atoms with Gasteiger partial charge in [0.25, 0.3) is 0 Å². The van der Waals surface area contributed by atoms with Crippen LogP contribution in [0.2, 0.25) is 15.1 Å². The molecule has 2 amide bonds. The number of aliphatic hydroxyl groups is 1. The first-order chi connectivity index (χ1) is 14.9. The van der Waals surface area contributed by atoms with E-state index in [9.17, 15) is 9.90 Å². The van der Waals surface area contributed by atoms with Crippen molar-refractivity contribution in [1.29, 1.82) is 0 Å². The number of benzene rings is 3. The smallest absolute Gasteiger partial charge is 0.326 e. The molecule has 4 nitrogen and oxygen atoms in total. The predicted molar refractivity (Wildman–Crippen MR) is 130 cm³/mol. The van der Waals surface area contributed by atoms with Crippen LogP contribution >= 0.6 is 34.8 Å². The number of aliphatic hydroxyl groups excluding tert-OH is 1. The Kier molecular flexibility index (Phi) is 8.22. The summed E-state index contributed by atoms with van der Waals surface area (Å²) in [5, 5.41) is 15.8. The van der Waals surface area contributed by atoms with E-state index < -0.39 is 12.1 Å². The number of anilines is 2. The second kappa shape index (κ2) is 10.9. The fourth-order valence-corrected chi connectivity index (χ4v) is 3.87. The van der Waals surface area contributed by atoms with Crippen molar-refractivity contribution in [3.05, 3.63) is 93.4 Å². The second-order valence-corrected chi connectivity index (χ2v) is 8.45. The molecule has 0 fully saturated rings. The van der Waals surface area contributed by atoms with Gasteiger partial charge in [0.15, 0.2) is 0 Å². The molecular formula is C24H23Cl3N2O2. The van der Waals surface area contributed by atoms with Gasteiger partial charge in [0.1, 0.15) is 0 Å². The molecule has 162 valence electrons. The van der Waals surface area contributed by atoms with Gasteiger partial charge in [-0.15, -0.1) is 0 Å². The summed E-state index contributed by atoms with van der Waals surface area (Å²) in [6.45, 7) is 2.01. The van der Waals surface area contributed by atoms with Crippen LogP contribution in [0, 0.1) is 0 Å². The molecule has 0 aromatic heterocycles. The minimum absolute atomic E-state index is 0.371. The molecule has 31 heavy (non-hydrogen) atoms. The summed E-state index contributed by atoms with van der Waals surface area (Å²) in [5.74, 6) is 0. The molecule has 0 saturated heterocycles. The number of carbonyl (C=O) groups is 1. The molecule has 0 aliphatic carbocycles. The van der Waals surface area contributed by atoms with E-state index in [-0.39, 0.29) is 6.03 Å². The van der Waals surface area contributed by atoms with Crippen molar-refractivity contribution in [2.24, 2.45) is 0 Å². The maximum Gasteiger partial charge on any atom is 0.326 e. The molecule has 0 aliphatic heterocycles. The fourth-order valence-electron chi connectivity index (χ4n) is 3.41. The van der Waals surface area contributed by atoms with Gasteiger partial charge in [-0.2, -0.15) is 0 Å². The number of hydrogen-bond acceptors (Lipinski definition) is 2. The topological polar surface area (TPSA) is 52.6 Å². The third kappa shape index (κ3) is 6.14. The van der Waals surface area contributed by atoms with Crippen LogP contribution in [0.4, 0.5) is 16.2 Å². The summed E-state index contributed by atoms with van der Waals surface area (Å²) < 4.78 is 0. The van der Waals surface area contributed by atoms with Crippen molar-refractivity contribution < 1.29 is 9.90 Å². The fraction of sp³-hybridized carbons (Fsp3) is 0.208. The highest BCUT2D eigenvalue weighted by Crippen LogP contribution is 2.31. The van der Waals surface area contributed by atoms with Crippen molar-refractivity contribution >= 4 is 52.2 Å².